The van der Waals surface area contributed by atoms with Gasteiger partial charge in [0.05, 0.1) is 0 Å². The molecule has 0 radical (unpaired) electrons. The summed E-state index contributed by atoms with van der Waals surface area (Å²) in [6, 6.07) is 0.718. The molecule has 15 heavy (non-hydrogen) atoms. The summed E-state index contributed by atoms with van der Waals surface area (Å²) in [5.74, 6) is 0.967. The second-order valence-corrected chi connectivity index (χ2v) is 4.87. The number of likely N-dealkylation sites (N-methyl/N-ethyl adjacent to an activating group) is 1. The third-order valence-electron chi connectivity index (χ3n) is 3.56. The maximum Gasteiger partial charge on any atom is 0.0194 e. The normalized spacial score (nSPS) is 24.6. The van der Waals surface area contributed by atoms with E-state index in [1.165, 1.54) is 45.3 Å². The van der Waals surface area contributed by atoms with Crippen LogP contribution >= 0.6 is 0 Å². The third-order valence-corrected chi connectivity index (χ3v) is 3.56. The standard InChI is InChI=1S/C13H28N2/c1-4-7-13(14-6-3)11-15-9-8-12(5-2)10-15/h12-14H,4-11H2,1-3H3. The van der Waals surface area contributed by atoms with Gasteiger partial charge < -0.3 is 10.2 Å². The Hall–Kier alpha value is -0.0800. The minimum absolute atomic E-state index is 0.718. The lowest BCUT2D eigenvalue weighted by molar-refractivity contribution is 0.273. The van der Waals surface area contributed by atoms with E-state index < -0.39 is 0 Å². The molecule has 0 saturated carbocycles. The predicted molar refractivity (Wildman–Crippen MR) is 67.2 cm³/mol. The summed E-state index contributed by atoms with van der Waals surface area (Å²) >= 11 is 0. The maximum absolute atomic E-state index is 3.60. The fourth-order valence-electron chi connectivity index (χ4n) is 2.62. The SMILES string of the molecule is CCCC(CN1CCC(CC)C1)NCC. The Morgan fingerprint density at radius 3 is 2.67 bits per heavy atom. The Balaban J connectivity index is 2.25. The van der Waals surface area contributed by atoms with E-state index >= 15 is 0 Å². The summed E-state index contributed by atoms with van der Waals surface area (Å²) in [5.41, 5.74) is 0. The molecule has 2 nitrogen and oxygen atoms in total. The Labute approximate surface area is 95.4 Å². The van der Waals surface area contributed by atoms with Gasteiger partial charge in [0.2, 0.25) is 0 Å². The molecule has 1 heterocycles. The van der Waals surface area contributed by atoms with Crippen LogP contribution in [0.2, 0.25) is 0 Å². The van der Waals surface area contributed by atoms with Crippen molar-refractivity contribution in [2.45, 2.75) is 52.5 Å². The highest BCUT2D eigenvalue weighted by Gasteiger charge is 2.22. The quantitative estimate of drug-likeness (QED) is 0.697. The van der Waals surface area contributed by atoms with E-state index in [0.29, 0.717) is 0 Å². The molecule has 1 saturated heterocycles. The zero-order chi connectivity index (χ0) is 11.1. The zero-order valence-electron chi connectivity index (χ0n) is 10.8. The number of nitrogens with one attached hydrogen (secondary N) is 1. The molecular formula is C13H28N2. The maximum atomic E-state index is 3.60. The van der Waals surface area contributed by atoms with Gasteiger partial charge in [-0.05, 0) is 31.8 Å². The van der Waals surface area contributed by atoms with E-state index in [1.54, 1.807) is 0 Å². The van der Waals surface area contributed by atoms with Crippen molar-refractivity contribution in [3.8, 4) is 0 Å². The van der Waals surface area contributed by atoms with Gasteiger partial charge in [-0.15, -0.1) is 0 Å². The van der Waals surface area contributed by atoms with Crippen molar-refractivity contribution >= 4 is 0 Å². The molecular weight excluding hydrogens is 184 g/mol. The van der Waals surface area contributed by atoms with Gasteiger partial charge in [0.25, 0.3) is 0 Å². The Morgan fingerprint density at radius 2 is 2.13 bits per heavy atom. The van der Waals surface area contributed by atoms with Crippen molar-refractivity contribution in [1.29, 1.82) is 0 Å². The van der Waals surface area contributed by atoms with Crippen LogP contribution in [0.15, 0.2) is 0 Å². The second kappa shape index (κ2) is 7.24. The van der Waals surface area contributed by atoms with E-state index in [4.69, 9.17) is 0 Å². The first-order valence-electron chi connectivity index (χ1n) is 6.75. The molecule has 2 atom stereocenters. The van der Waals surface area contributed by atoms with Gasteiger partial charge in [-0.25, -0.2) is 0 Å². The number of nitrogens with zero attached hydrogens (tertiary/aromatic N) is 1. The monoisotopic (exact) mass is 212 g/mol. The van der Waals surface area contributed by atoms with Crippen molar-refractivity contribution in [3.05, 3.63) is 0 Å². The fourth-order valence-corrected chi connectivity index (χ4v) is 2.62. The summed E-state index contributed by atoms with van der Waals surface area (Å²) in [6.07, 6.45) is 5.39. The van der Waals surface area contributed by atoms with Gasteiger partial charge >= 0.3 is 0 Å². The van der Waals surface area contributed by atoms with Gasteiger partial charge in [0.1, 0.15) is 0 Å². The molecule has 1 fully saturated rings. The summed E-state index contributed by atoms with van der Waals surface area (Å²) in [5, 5.41) is 3.60. The largest absolute Gasteiger partial charge is 0.313 e. The van der Waals surface area contributed by atoms with Crippen LogP contribution in [0.25, 0.3) is 0 Å². The van der Waals surface area contributed by atoms with Crippen molar-refractivity contribution in [2.75, 3.05) is 26.2 Å². The zero-order valence-corrected chi connectivity index (χ0v) is 10.8. The second-order valence-electron chi connectivity index (χ2n) is 4.87. The van der Waals surface area contributed by atoms with Crippen LogP contribution in [0.4, 0.5) is 0 Å². The molecule has 2 heteroatoms. The molecule has 0 aromatic carbocycles. The van der Waals surface area contributed by atoms with E-state index in [1.807, 2.05) is 0 Å². The molecule has 90 valence electrons. The first-order chi connectivity index (χ1) is 7.30. The van der Waals surface area contributed by atoms with Crippen LogP contribution < -0.4 is 5.32 Å². The number of hydrogen-bond acceptors (Lipinski definition) is 2. The lowest BCUT2D eigenvalue weighted by atomic mass is 10.1. The molecule has 1 aliphatic rings. The molecule has 0 amide bonds. The van der Waals surface area contributed by atoms with Crippen LogP contribution in [0, 0.1) is 5.92 Å². The van der Waals surface area contributed by atoms with Gasteiger partial charge in [0, 0.05) is 19.1 Å². The van der Waals surface area contributed by atoms with Crippen LogP contribution in [0.3, 0.4) is 0 Å². The first-order valence-corrected chi connectivity index (χ1v) is 6.75. The summed E-state index contributed by atoms with van der Waals surface area (Å²) < 4.78 is 0. The van der Waals surface area contributed by atoms with Crippen molar-refractivity contribution in [2.24, 2.45) is 5.92 Å². The molecule has 0 aliphatic carbocycles. The Bertz CT molecular complexity index is 153. The van der Waals surface area contributed by atoms with Crippen molar-refractivity contribution in [3.63, 3.8) is 0 Å². The lowest BCUT2D eigenvalue weighted by Crippen LogP contribution is -2.40. The van der Waals surface area contributed by atoms with Gasteiger partial charge in [-0.1, -0.05) is 33.6 Å². The summed E-state index contributed by atoms with van der Waals surface area (Å²) in [4.78, 5) is 2.65. The number of likely N-dealkylation sites (tertiary alicyclic amines) is 1. The van der Waals surface area contributed by atoms with E-state index in [0.717, 1.165) is 18.5 Å². The summed E-state index contributed by atoms with van der Waals surface area (Å²) in [6.45, 7) is 11.8. The minimum Gasteiger partial charge on any atom is -0.313 e. The molecule has 0 aromatic heterocycles. The van der Waals surface area contributed by atoms with Gasteiger partial charge in [0.15, 0.2) is 0 Å². The van der Waals surface area contributed by atoms with Crippen LogP contribution in [0.5, 0.6) is 0 Å². The predicted octanol–water partition coefficient (Wildman–Crippen LogP) is 2.50. The van der Waals surface area contributed by atoms with Crippen molar-refractivity contribution in [1.82, 2.24) is 10.2 Å². The van der Waals surface area contributed by atoms with Crippen molar-refractivity contribution < 1.29 is 0 Å². The topological polar surface area (TPSA) is 15.3 Å². The van der Waals surface area contributed by atoms with E-state index in [9.17, 15) is 0 Å². The minimum atomic E-state index is 0.718. The molecule has 1 rings (SSSR count). The smallest absolute Gasteiger partial charge is 0.0194 e. The number of hydrogen-bond donors (Lipinski definition) is 1. The average Bonchev–Trinajstić information content (AvgIpc) is 2.66. The molecule has 0 aromatic rings. The van der Waals surface area contributed by atoms with Crippen LogP contribution in [-0.2, 0) is 0 Å². The van der Waals surface area contributed by atoms with Crippen LogP contribution in [0.1, 0.15) is 46.5 Å². The Morgan fingerprint density at radius 1 is 1.33 bits per heavy atom. The third kappa shape index (κ3) is 4.52. The van der Waals surface area contributed by atoms with Crippen LogP contribution in [-0.4, -0.2) is 37.1 Å². The highest BCUT2D eigenvalue weighted by Crippen LogP contribution is 2.19. The molecule has 0 bridgehead atoms. The highest BCUT2D eigenvalue weighted by atomic mass is 15.2. The fraction of sp³-hybridized carbons (Fsp3) is 1.00. The first kappa shape index (κ1) is 13.0. The van der Waals surface area contributed by atoms with Gasteiger partial charge in [-0.3, -0.25) is 0 Å². The number of rotatable bonds is 7. The molecule has 1 aliphatic heterocycles. The molecule has 2 unspecified atom stereocenters. The Kier molecular flexibility index (Phi) is 6.26. The molecule has 0 spiro atoms. The van der Waals surface area contributed by atoms with E-state index in [-0.39, 0.29) is 0 Å². The average molecular weight is 212 g/mol. The molecule has 1 N–H and O–H groups in total. The van der Waals surface area contributed by atoms with E-state index in [2.05, 4.69) is 31.0 Å². The summed E-state index contributed by atoms with van der Waals surface area (Å²) in [7, 11) is 0. The van der Waals surface area contributed by atoms with Gasteiger partial charge in [-0.2, -0.15) is 0 Å². The highest BCUT2D eigenvalue weighted by molar-refractivity contribution is 4.79. The lowest BCUT2D eigenvalue weighted by Gasteiger charge is -2.24.